The van der Waals surface area contributed by atoms with E-state index in [1.165, 1.54) is 12.1 Å². The van der Waals surface area contributed by atoms with Crippen molar-refractivity contribution >= 4 is 35.1 Å². The number of benzene rings is 2. The zero-order valence-corrected chi connectivity index (χ0v) is 27.1. The molecule has 12 N–H and O–H groups in total. The summed E-state index contributed by atoms with van der Waals surface area (Å²) < 4.78 is 0. The first kappa shape index (κ1) is 38.1. The Hall–Kier alpha value is -4.34. The molecule has 1 fully saturated rings. The Bertz CT molecular complexity index is 1550. The van der Waals surface area contributed by atoms with Gasteiger partial charge in [-0.3, -0.25) is 28.8 Å². The molecule has 1 saturated heterocycles. The topological polar surface area (TPSA) is 279 Å². The molecule has 1 aliphatic heterocycles. The van der Waals surface area contributed by atoms with Crippen LogP contribution in [-0.4, -0.2) is 87.1 Å². The van der Waals surface area contributed by atoms with E-state index in [1.54, 1.807) is 12.1 Å². The first-order chi connectivity index (χ1) is 22.5. The number of hydrogen-bond donors (Lipinski definition) is 8. The lowest BCUT2D eigenvalue weighted by atomic mass is 9.77. The molecule has 2 aromatic carbocycles. The predicted molar refractivity (Wildman–Crippen MR) is 176 cm³/mol. The number of Topliss-reactive ketones (excluding diaryl/α,β-unsaturated/α-hetero) is 4. The fourth-order valence-corrected chi connectivity index (χ4v) is 5.86. The van der Waals surface area contributed by atoms with Crippen molar-refractivity contribution in [3.8, 4) is 5.75 Å². The molecule has 14 heteroatoms. The zero-order valence-electron chi connectivity index (χ0n) is 27.1. The Balaban J connectivity index is 2.41. The lowest BCUT2D eigenvalue weighted by molar-refractivity contribution is -0.139. The first-order valence-corrected chi connectivity index (χ1v) is 15.9. The van der Waals surface area contributed by atoms with Gasteiger partial charge in [0.25, 0.3) is 0 Å². The summed E-state index contributed by atoms with van der Waals surface area (Å²) in [6.07, 6.45) is -0.301. The number of nitrogens with one attached hydrogen (secondary N) is 1. The molecule has 260 valence electrons. The van der Waals surface area contributed by atoms with Crippen LogP contribution in [0.5, 0.6) is 5.75 Å². The normalized spacial score (nSPS) is 17.0. The van der Waals surface area contributed by atoms with E-state index in [2.05, 4.69) is 5.32 Å². The number of aromatic hydroxyl groups is 1. The maximum atomic E-state index is 14.4. The van der Waals surface area contributed by atoms with Crippen molar-refractivity contribution in [1.82, 2.24) is 5.32 Å². The van der Waals surface area contributed by atoms with Gasteiger partial charge in [0.05, 0.1) is 24.2 Å². The SMILES string of the molecule is CC(C)CC(N)C(=O)c1c(C(=O)C(N)Cc2ccc(O)cc2)cc(CC(N)C(=O)O)c(C(=O)C(N)CCC(=O)O)c1C(=O)C1CCCN1. The van der Waals surface area contributed by atoms with Crippen molar-refractivity contribution in [3.05, 3.63) is 63.7 Å². The van der Waals surface area contributed by atoms with E-state index in [4.69, 9.17) is 22.9 Å². The highest BCUT2D eigenvalue weighted by molar-refractivity contribution is 6.23. The number of hydrogen-bond acceptors (Lipinski definition) is 12. The molecular weight excluding hydrogens is 622 g/mol. The van der Waals surface area contributed by atoms with E-state index < -0.39 is 94.8 Å². The van der Waals surface area contributed by atoms with Crippen LogP contribution in [0.4, 0.5) is 0 Å². The van der Waals surface area contributed by atoms with Gasteiger partial charge in [0.2, 0.25) is 0 Å². The molecule has 0 aliphatic carbocycles. The summed E-state index contributed by atoms with van der Waals surface area (Å²) in [7, 11) is 0. The minimum absolute atomic E-state index is 0.00410. The van der Waals surface area contributed by atoms with Crippen molar-refractivity contribution < 1.29 is 44.1 Å². The van der Waals surface area contributed by atoms with Gasteiger partial charge in [-0.2, -0.15) is 0 Å². The van der Waals surface area contributed by atoms with Crippen molar-refractivity contribution in [1.29, 1.82) is 0 Å². The number of ketones is 4. The van der Waals surface area contributed by atoms with Crippen LogP contribution < -0.4 is 28.3 Å². The molecule has 2 aromatic rings. The minimum Gasteiger partial charge on any atom is -0.508 e. The predicted octanol–water partition coefficient (Wildman–Crippen LogP) is 0.965. The maximum absolute atomic E-state index is 14.4. The highest BCUT2D eigenvalue weighted by atomic mass is 16.4. The van der Waals surface area contributed by atoms with Crippen molar-refractivity contribution in [2.45, 2.75) is 89.0 Å². The number of phenolic OH excluding ortho intramolecular Hbond substituents is 1. The van der Waals surface area contributed by atoms with E-state index in [0.717, 1.165) is 6.07 Å². The molecule has 1 heterocycles. The number of aliphatic carboxylic acids is 2. The lowest BCUT2D eigenvalue weighted by Gasteiger charge is -2.26. The third kappa shape index (κ3) is 9.39. The van der Waals surface area contributed by atoms with Gasteiger partial charge in [0.1, 0.15) is 11.8 Å². The number of carboxylic acid groups (broad SMARTS) is 2. The third-order valence-corrected chi connectivity index (χ3v) is 8.34. The van der Waals surface area contributed by atoms with Gasteiger partial charge in [-0.25, -0.2) is 0 Å². The van der Waals surface area contributed by atoms with Crippen LogP contribution in [-0.2, 0) is 22.4 Å². The van der Waals surface area contributed by atoms with Crippen molar-refractivity contribution in [2.24, 2.45) is 28.9 Å². The van der Waals surface area contributed by atoms with Crippen molar-refractivity contribution in [3.63, 3.8) is 0 Å². The van der Waals surface area contributed by atoms with Crippen LogP contribution in [0.1, 0.15) is 98.5 Å². The van der Waals surface area contributed by atoms with Gasteiger partial charge < -0.3 is 43.6 Å². The summed E-state index contributed by atoms with van der Waals surface area (Å²) in [6.45, 7) is 4.11. The molecule has 0 aromatic heterocycles. The average molecular weight is 668 g/mol. The second-order valence-electron chi connectivity index (χ2n) is 12.7. The van der Waals surface area contributed by atoms with E-state index in [0.29, 0.717) is 24.9 Å². The largest absolute Gasteiger partial charge is 0.508 e. The van der Waals surface area contributed by atoms with Gasteiger partial charge in [0, 0.05) is 28.7 Å². The molecule has 0 radical (unpaired) electrons. The van der Waals surface area contributed by atoms with E-state index >= 15 is 0 Å². The molecule has 14 nitrogen and oxygen atoms in total. The van der Waals surface area contributed by atoms with Gasteiger partial charge in [-0.05, 0) is 80.3 Å². The Morgan fingerprint density at radius 2 is 1.44 bits per heavy atom. The molecular formula is C34H45N5O9. The summed E-state index contributed by atoms with van der Waals surface area (Å²) in [4.78, 5) is 80.3. The fourth-order valence-electron chi connectivity index (χ4n) is 5.86. The second-order valence-corrected chi connectivity index (χ2v) is 12.7. The van der Waals surface area contributed by atoms with Crippen LogP contribution in [0.15, 0.2) is 30.3 Å². The summed E-state index contributed by atoms with van der Waals surface area (Å²) in [5, 5.41) is 31.6. The summed E-state index contributed by atoms with van der Waals surface area (Å²) in [5.41, 5.74) is 23.7. The average Bonchev–Trinajstić information content (AvgIpc) is 3.57. The highest BCUT2D eigenvalue weighted by Gasteiger charge is 2.39. The van der Waals surface area contributed by atoms with Crippen LogP contribution in [0.25, 0.3) is 0 Å². The zero-order chi connectivity index (χ0) is 35.9. The summed E-state index contributed by atoms with van der Waals surface area (Å²) >= 11 is 0. The molecule has 1 aliphatic rings. The third-order valence-electron chi connectivity index (χ3n) is 8.34. The number of carboxylic acids is 2. The molecule has 5 atom stereocenters. The molecule has 48 heavy (non-hydrogen) atoms. The first-order valence-electron chi connectivity index (χ1n) is 15.9. The smallest absolute Gasteiger partial charge is 0.320 e. The summed E-state index contributed by atoms with van der Waals surface area (Å²) in [5.74, 6) is -5.94. The quantitative estimate of drug-likeness (QED) is 0.103. The molecule has 5 unspecified atom stereocenters. The molecule has 0 saturated carbocycles. The number of carbonyl (C=O) groups is 6. The minimum atomic E-state index is -1.60. The molecule has 0 amide bonds. The summed E-state index contributed by atoms with van der Waals surface area (Å²) in [6, 6.07) is 0.696. The molecule has 0 bridgehead atoms. The number of rotatable bonds is 18. The standard InChI is InChI=1S/C34H45N5O9/c1-16(2)12-22(36)32(45)28-20(30(43)23(37)13-17-5-7-19(40)8-6-17)14-18(15-24(38)34(47)48)27(31(44)21(35)9-10-26(41)42)29(28)33(46)25-4-3-11-39-25/h5-8,14,16,21-25,39-40H,3-4,9-13,15,35-38H2,1-2H3,(H,41,42)(H,47,48). The van der Waals surface area contributed by atoms with E-state index in [1.807, 2.05) is 13.8 Å². The van der Waals surface area contributed by atoms with Gasteiger partial charge in [0.15, 0.2) is 23.1 Å². The van der Waals surface area contributed by atoms with E-state index in [-0.39, 0.29) is 42.1 Å². The van der Waals surface area contributed by atoms with E-state index in [9.17, 15) is 44.1 Å². The van der Waals surface area contributed by atoms with Gasteiger partial charge >= 0.3 is 11.9 Å². The molecule has 3 rings (SSSR count). The van der Waals surface area contributed by atoms with Crippen LogP contribution in [0.2, 0.25) is 0 Å². The Kier molecular flexibility index (Phi) is 13.2. The highest BCUT2D eigenvalue weighted by Crippen LogP contribution is 2.32. The Morgan fingerprint density at radius 3 is 1.98 bits per heavy atom. The number of phenols is 1. The Labute approximate surface area is 278 Å². The van der Waals surface area contributed by atoms with Crippen LogP contribution >= 0.6 is 0 Å². The monoisotopic (exact) mass is 667 g/mol. The fraction of sp³-hybridized carbons (Fsp3) is 0.471. The van der Waals surface area contributed by atoms with Crippen LogP contribution in [0.3, 0.4) is 0 Å². The maximum Gasteiger partial charge on any atom is 0.320 e. The van der Waals surface area contributed by atoms with Crippen LogP contribution in [0, 0.1) is 5.92 Å². The Morgan fingerprint density at radius 1 is 0.812 bits per heavy atom. The molecule has 0 spiro atoms. The van der Waals surface area contributed by atoms with Crippen molar-refractivity contribution in [2.75, 3.05) is 6.54 Å². The van der Waals surface area contributed by atoms with Gasteiger partial charge in [-0.1, -0.05) is 26.0 Å². The lowest BCUT2D eigenvalue weighted by Crippen LogP contribution is -2.42. The number of carbonyl (C=O) groups excluding carboxylic acids is 4. The second kappa shape index (κ2) is 16.7. The van der Waals surface area contributed by atoms with Gasteiger partial charge in [-0.15, -0.1) is 0 Å². The number of nitrogens with two attached hydrogens (primary N) is 4.